The summed E-state index contributed by atoms with van der Waals surface area (Å²) in [6, 6.07) is 15.4. The molecule has 1 unspecified atom stereocenters. The number of nitrogens with zero attached hydrogens (tertiary/aromatic N) is 3. The quantitative estimate of drug-likeness (QED) is 0.428. The summed E-state index contributed by atoms with van der Waals surface area (Å²) in [5, 5.41) is 8.44. The molecule has 0 amide bonds. The van der Waals surface area contributed by atoms with Crippen molar-refractivity contribution in [2.45, 2.75) is 33.7 Å². The summed E-state index contributed by atoms with van der Waals surface area (Å²) in [6.07, 6.45) is 0. The molecule has 178 valence electrons. The first kappa shape index (κ1) is 23.8. The molecule has 0 spiro atoms. The zero-order valence-electron chi connectivity index (χ0n) is 20.2. The van der Waals surface area contributed by atoms with E-state index in [2.05, 4.69) is 36.1 Å². The average molecular weight is 479 g/mol. The minimum absolute atomic E-state index is 0.226. The van der Waals surface area contributed by atoms with Crippen LogP contribution in [-0.4, -0.2) is 40.4 Å². The largest absolute Gasteiger partial charge is 0.497 e. The van der Waals surface area contributed by atoms with Gasteiger partial charge >= 0.3 is 0 Å². The molecule has 1 atom stereocenters. The van der Waals surface area contributed by atoms with Crippen LogP contribution in [0.3, 0.4) is 0 Å². The highest BCUT2D eigenvalue weighted by molar-refractivity contribution is 7.80. The van der Waals surface area contributed by atoms with Crippen LogP contribution in [0, 0.1) is 5.92 Å². The smallest absolute Gasteiger partial charge is 0.258 e. The molecule has 8 heteroatoms. The lowest BCUT2D eigenvalue weighted by Gasteiger charge is -2.38. The number of rotatable bonds is 8. The Hall–Kier alpha value is -3.39. The maximum absolute atomic E-state index is 5.81. The summed E-state index contributed by atoms with van der Waals surface area (Å²) in [5.41, 5.74) is 3.79. The lowest BCUT2D eigenvalue weighted by Crippen LogP contribution is -2.47. The van der Waals surface area contributed by atoms with E-state index in [0.29, 0.717) is 29.4 Å². The molecule has 2 aromatic carbocycles. The van der Waals surface area contributed by atoms with Crippen LogP contribution in [0.4, 0.5) is 0 Å². The normalized spacial score (nSPS) is 16.1. The SMILES string of the molecule is CCOc1ccc(-c2noc(C3=C(C)N(CC(C)C)C(=S)NC3c3ccc(OC)cc3)n2)cc1. The lowest BCUT2D eigenvalue weighted by molar-refractivity contribution is 0.340. The van der Waals surface area contributed by atoms with Crippen molar-refractivity contribution in [3.8, 4) is 22.9 Å². The van der Waals surface area contributed by atoms with Crippen molar-refractivity contribution < 1.29 is 14.0 Å². The van der Waals surface area contributed by atoms with E-state index < -0.39 is 0 Å². The van der Waals surface area contributed by atoms with Crippen LogP contribution in [0.5, 0.6) is 11.5 Å². The van der Waals surface area contributed by atoms with Gasteiger partial charge in [-0.15, -0.1) is 0 Å². The van der Waals surface area contributed by atoms with Crippen LogP contribution in [-0.2, 0) is 0 Å². The molecule has 0 bridgehead atoms. The number of methoxy groups -OCH3 is 1. The Labute approximate surface area is 205 Å². The van der Waals surface area contributed by atoms with E-state index in [9.17, 15) is 0 Å². The first-order chi connectivity index (χ1) is 16.4. The summed E-state index contributed by atoms with van der Waals surface area (Å²) in [6.45, 7) is 9.76. The standard InChI is InChI=1S/C26H30N4O3S/c1-6-32-21-13-9-19(10-14-21)24-28-25(33-29-24)22-17(4)30(15-16(2)3)26(34)27-23(22)18-7-11-20(31-5)12-8-18/h7-14,16,23H,6,15H2,1-5H3,(H,27,34). The van der Waals surface area contributed by atoms with E-state index in [4.69, 9.17) is 31.2 Å². The predicted octanol–water partition coefficient (Wildman–Crippen LogP) is 5.46. The van der Waals surface area contributed by atoms with Crippen molar-refractivity contribution >= 4 is 22.9 Å². The number of hydrogen-bond acceptors (Lipinski definition) is 6. The maximum atomic E-state index is 5.81. The summed E-state index contributed by atoms with van der Waals surface area (Å²) >= 11 is 5.74. The van der Waals surface area contributed by atoms with E-state index in [0.717, 1.165) is 40.4 Å². The van der Waals surface area contributed by atoms with Crippen LogP contribution in [0.2, 0.25) is 0 Å². The molecule has 1 aromatic heterocycles. The molecule has 1 aliphatic heterocycles. The number of benzene rings is 2. The molecular formula is C26H30N4O3S. The van der Waals surface area contributed by atoms with Gasteiger partial charge in [0.15, 0.2) is 5.11 Å². The summed E-state index contributed by atoms with van der Waals surface area (Å²) in [5.74, 6) is 3.01. The lowest BCUT2D eigenvalue weighted by atomic mass is 9.94. The van der Waals surface area contributed by atoms with E-state index in [1.807, 2.05) is 55.5 Å². The molecule has 1 aliphatic rings. The van der Waals surface area contributed by atoms with E-state index in [-0.39, 0.29) is 6.04 Å². The molecule has 7 nitrogen and oxygen atoms in total. The van der Waals surface area contributed by atoms with Gasteiger partial charge in [0.2, 0.25) is 5.82 Å². The minimum atomic E-state index is -0.226. The molecule has 3 aromatic rings. The Morgan fingerprint density at radius 2 is 1.76 bits per heavy atom. The molecule has 4 rings (SSSR count). The van der Waals surface area contributed by atoms with Gasteiger partial charge in [-0.3, -0.25) is 0 Å². The van der Waals surface area contributed by atoms with E-state index in [1.165, 1.54) is 0 Å². The van der Waals surface area contributed by atoms with Gasteiger partial charge in [-0.2, -0.15) is 4.98 Å². The fourth-order valence-corrected chi connectivity index (χ4v) is 4.34. The van der Waals surface area contributed by atoms with Crippen molar-refractivity contribution in [3.05, 3.63) is 65.7 Å². The first-order valence-corrected chi connectivity index (χ1v) is 11.8. The second kappa shape index (κ2) is 10.3. The fraction of sp³-hybridized carbons (Fsp3) is 0.346. The monoisotopic (exact) mass is 478 g/mol. The maximum Gasteiger partial charge on any atom is 0.258 e. The van der Waals surface area contributed by atoms with Crippen LogP contribution in [0.15, 0.2) is 58.8 Å². The number of allylic oxidation sites excluding steroid dienone is 1. The molecule has 0 aliphatic carbocycles. The van der Waals surface area contributed by atoms with Crippen LogP contribution in [0.1, 0.15) is 45.2 Å². The predicted molar refractivity (Wildman–Crippen MR) is 137 cm³/mol. The van der Waals surface area contributed by atoms with Gasteiger partial charge in [-0.1, -0.05) is 31.1 Å². The molecule has 34 heavy (non-hydrogen) atoms. The summed E-state index contributed by atoms with van der Waals surface area (Å²) < 4.78 is 16.7. The number of thiocarbonyl (C=S) groups is 1. The van der Waals surface area contributed by atoms with Crippen LogP contribution < -0.4 is 14.8 Å². The van der Waals surface area contributed by atoms with Gasteiger partial charge in [0, 0.05) is 17.8 Å². The third-order valence-electron chi connectivity index (χ3n) is 5.67. The second-order valence-electron chi connectivity index (χ2n) is 8.54. The number of ether oxygens (including phenoxy) is 2. The fourth-order valence-electron chi connectivity index (χ4n) is 4.01. The molecule has 0 saturated heterocycles. The minimum Gasteiger partial charge on any atom is -0.497 e. The van der Waals surface area contributed by atoms with Gasteiger partial charge in [-0.25, -0.2) is 0 Å². The van der Waals surface area contributed by atoms with Crippen LogP contribution >= 0.6 is 12.2 Å². The zero-order chi connectivity index (χ0) is 24.2. The molecule has 0 saturated carbocycles. The Morgan fingerprint density at radius 1 is 1.09 bits per heavy atom. The highest BCUT2D eigenvalue weighted by atomic mass is 32.1. The van der Waals surface area contributed by atoms with Gasteiger partial charge < -0.3 is 24.2 Å². The van der Waals surface area contributed by atoms with Crippen molar-refractivity contribution in [2.75, 3.05) is 20.3 Å². The highest BCUT2D eigenvalue weighted by Gasteiger charge is 2.34. The molecule has 1 N–H and O–H groups in total. The number of hydrogen-bond donors (Lipinski definition) is 1. The van der Waals surface area contributed by atoms with Gasteiger partial charge in [0.1, 0.15) is 11.5 Å². The van der Waals surface area contributed by atoms with Crippen molar-refractivity contribution in [1.82, 2.24) is 20.4 Å². The van der Waals surface area contributed by atoms with Crippen LogP contribution in [0.25, 0.3) is 17.0 Å². The second-order valence-corrected chi connectivity index (χ2v) is 8.93. The average Bonchev–Trinajstić information content (AvgIpc) is 3.32. The van der Waals surface area contributed by atoms with Gasteiger partial charge in [0.25, 0.3) is 5.89 Å². The van der Waals surface area contributed by atoms with Gasteiger partial charge in [-0.05, 0) is 73.9 Å². The zero-order valence-corrected chi connectivity index (χ0v) is 21.0. The third-order valence-corrected chi connectivity index (χ3v) is 6.01. The summed E-state index contributed by atoms with van der Waals surface area (Å²) in [4.78, 5) is 6.87. The molecular weight excluding hydrogens is 448 g/mol. The molecule has 0 fully saturated rings. The Morgan fingerprint density at radius 3 is 2.38 bits per heavy atom. The van der Waals surface area contributed by atoms with E-state index >= 15 is 0 Å². The summed E-state index contributed by atoms with van der Waals surface area (Å²) in [7, 11) is 1.66. The molecule has 2 heterocycles. The Balaban J connectivity index is 1.75. The van der Waals surface area contributed by atoms with E-state index in [1.54, 1.807) is 7.11 Å². The Bertz CT molecular complexity index is 1170. The topological polar surface area (TPSA) is 72.7 Å². The van der Waals surface area contributed by atoms with Crippen molar-refractivity contribution in [1.29, 1.82) is 0 Å². The van der Waals surface area contributed by atoms with Crippen molar-refractivity contribution in [2.24, 2.45) is 5.92 Å². The number of nitrogens with one attached hydrogen (secondary N) is 1. The molecule has 0 radical (unpaired) electrons. The third kappa shape index (κ3) is 4.92. The van der Waals surface area contributed by atoms with Gasteiger partial charge in [0.05, 0.1) is 25.3 Å². The Kier molecular flexibility index (Phi) is 7.17. The number of aromatic nitrogens is 2. The van der Waals surface area contributed by atoms with Crippen molar-refractivity contribution in [3.63, 3.8) is 0 Å². The highest BCUT2D eigenvalue weighted by Crippen LogP contribution is 2.38. The first-order valence-electron chi connectivity index (χ1n) is 11.4.